The van der Waals surface area contributed by atoms with E-state index in [1.807, 2.05) is 4.90 Å². The molecule has 170 valence electrons. The molecular weight excluding hydrogens is 471 g/mol. The van der Waals surface area contributed by atoms with Crippen LogP contribution >= 0.6 is 11.3 Å². The number of hydrogen-bond acceptors (Lipinski definition) is 8. The normalized spacial score (nSPS) is 15.2. The van der Waals surface area contributed by atoms with Gasteiger partial charge >= 0.3 is 0 Å². The number of aromatic nitrogens is 3. The zero-order valence-electron chi connectivity index (χ0n) is 17.0. The number of para-hydroxylation sites is 1. The average molecular weight is 489 g/mol. The van der Waals surface area contributed by atoms with Crippen LogP contribution in [-0.2, 0) is 10.0 Å². The molecule has 1 saturated heterocycles. The molecule has 1 aliphatic heterocycles. The zero-order valence-corrected chi connectivity index (χ0v) is 18.7. The molecule has 0 bridgehead atoms. The quantitative estimate of drug-likeness (QED) is 0.313. The molecule has 0 N–H and O–H groups in total. The second-order valence-corrected chi connectivity index (χ2v) is 10.2. The average Bonchev–Trinajstić information content (AvgIpc) is 3.39. The highest BCUT2D eigenvalue weighted by molar-refractivity contribution is 7.89. The third kappa shape index (κ3) is 3.94. The number of sulfonamides is 1. The summed E-state index contributed by atoms with van der Waals surface area (Å²) in [7, 11) is -3.99. The highest BCUT2D eigenvalue weighted by Crippen LogP contribution is 2.30. The second kappa shape index (κ2) is 8.17. The smallest absolute Gasteiger partial charge is 0.289 e. The standard InChI is InChI=1S/C20H17FN6O4S2/c21-15-7-5-14(6-8-15)16-13-26-19(22-16)32-20(23-26)24-9-11-25(12-10-24)33(30,31)18-4-2-1-3-17(18)27(28)29/h1-8,13H,9-12H2. The topological polar surface area (TPSA) is 114 Å². The molecule has 2 aromatic carbocycles. The van der Waals surface area contributed by atoms with Crippen molar-refractivity contribution in [2.24, 2.45) is 0 Å². The van der Waals surface area contributed by atoms with Crippen LogP contribution in [0, 0.1) is 15.9 Å². The first-order valence-electron chi connectivity index (χ1n) is 9.93. The van der Waals surface area contributed by atoms with Crippen LogP contribution in [0.4, 0.5) is 15.2 Å². The van der Waals surface area contributed by atoms with E-state index in [1.165, 1.54) is 52.0 Å². The fraction of sp³-hybridized carbons (Fsp3) is 0.200. The number of benzene rings is 2. The Morgan fingerprint density at radius 3 is 2.39 bits per heavy atom. The Hall–Kier alpha value is -3.42. The number of anilines is 1. The van der Waals surface area contributed by atoms with Gasteiger partial charge in [0.2, 0.25) is 20.1 Å². The summed E-state index contributed by atoms with van der Waals surface area (Å²) in [6.45, 7) is 1.14. The first-order valence-corrected chi connectivity index (χ1v) is 12.2. The molecule has 2 aromatic heterocycles. The van der Waals surface area contributed by atoms with E-state index in [0.717, 1.165) is 5.56 Å². The molecule has 0 radical (unpaired) electrons. The van der Waals surface area contributed by atoms with E-state index in [-0.39, 0.29) is 23.8 Å². The van der Waals surface area contributed by atoms with Gasteiger partial charge in [-0.05, 0) is 30.3 Å². The van der Waals surface area contributed by atoms with Crippen LogP contribution in [0.5, 0.6) is 0 Å². The van der Waals surface area contributed by atoms with Crippen LogP contribution < -0.4 is 4.90 Å². The summed E-state index contributed by atoms with van der Waals surface area (Å²) in [6, 6.07) is 11.4. The largest absolute Gasteiger partial charge is 0.344 e. The Morgan fingerprint density at radius 2 is 1.73 bits per heavy atom. The first-order chi connectivity index (χ1) is 15.8. The fourth-order valence-corrected chi connectivity index (χ4v) is 6.18. The van der Waals surface area contributed by atoms with Gasteiger partial charge in [-0.15, -0.1) is 5.10 Å². The number of nitro groups is 1. The summed E-state index contributed by atoms with van der Waals surface area (Å²) in [4.78, 5) is 17.4. The Balaban J connectivity index is 1.31. The van der Waals surface area contributed by atoms with Gasteiger partial charge in [0, 0.05) is 37.8 Å². The molecule has 0 spiro atoms. The predicted octanol–water partition coefficient (Wildman–Crippen LogP) is 3.02. The van der Waals surface area contributed by atoms with Crippen molar-refractivity contribution in [2.45, 2.75) is 4.90 Å². The molecule has 10 nitrogen and oxygen atoms in total. The summed E-state index contributed by atoms with van der Waals surface area (Å²) in [5, 5.41) is 16.5. The Labute approximate surface area is 191 Å². The first kappa shape index (κ1) is 21.4. The van der Waals surface area contributed by atoms with Crippen LogP contribution in [0.1, 0.15) is 0 Å². The van der Waals surface area contributed by atoms with Gasteiger partial charge in [0.1, 0.15) is 5.82 Å². The van der Waals surface area contributed by atoms with Crippen LogP contribution in [0.2, 0.25) is 0 Å². The highest BCUT2D eigenvalue weighted by atomic mass is 32.2. The number of hydrogen-bond donors (Lipinski definition) is 0. The Kier molecular flexibility index (Phi) is 5.31. The minimum absolute atomic E-state index is 0.178. The van der Waals surface area contributed by atoms with Crippen molar-refractivity contribution in [2.75, 3.05) is 31.1 Å². The molecule has 0 aliphatic carbocycles. The van der Waals surface area contributed by atoms with E-state index < -0.39 is 20.6 Å². The van der Waals surface area contributed by atoms with E-state index in [1.54, 1.807) is 22.8 Å². The lowest BCUT2D eigenvalue weighted by Crippen LogP contribution is -2.48. The minimum atomic E-state index is -3.99. The van der Waals surface area contributed by atoms with Crippen molar-refractivity contribution in [3.05, 3.63) is 70.7 Å². The lowest BCUT2D eigenvalue weighted by Gasteiger charge is -2.33. The van der Waals surface area contributed by atoms with Crippen molar-refractivity contribution in [3.8, 4) is 11.3 Å². The van der Waals surface area contributed by atoms with Crippen molar-refractivity contribution in [3.63, 3.8) is 0 Å². The number of rotatable bonds is 5. The van der Waals surface area contributed by atoms with Gasteiger partial charge in [0.05, 0.1) is 16.8 Å². The van der Waals surface area contributed by atoms with Crippen LogP contribution in [-0.4, -0.2) is 58.4 Å². The van der Waals surface area contributed by atoms with Crippen LogP contribution in [0.3, 0.4) is 0 Å². The van der Waals surface area contributed by atoms with Crippen molar-refractivity contribution in [1.29, 1.82) is 0 Å². The Morgan fingerprint density at radius 1 is 1.03 bits per heavy atom. The van der Waals surface area contributed by atoms with E-state index in [9.17, 15) is 22.9 Å². The predicted molar refractivity (Wildman–Crippen MR) is 120 cm³/mol. The Bertz CT molecular complexity index is 1410. The molecule has 3 heterocycles. The molecule has 1 aliphatic rings. The number of nitro benzene ring substituents is 1. The minimum Gasteiger partial charge on any atom is -0.344 e. The number of nitrogens with zero attached hydrogens (tertiary/aromatic N) is 6. The van der Waals surface area contributed by atoms with Gasteiger partial charge in [-0.2, -0.15) is 4.31 Å². The summed E-state index contributed by atoms with van der Waals surface area (Å²) in [6.07, 6.45) is 1.76. The lowest BCUT2D eigenvalue weighted by molar-refractivity contribution is -0.387. The third-order valence-corrected chi connectivity index (χ3v) is 8.29. The number of halogens is 1. The van der Waals surface area contributed by atoms with Crippen molar-refractivity contribution < 1.29 is 17.7 Å². The monoisotopic (exact) mass is 488 g/mol. The molecule has 0 atom stereocenters. The van der Waals surface area contributed by atoms with Gasteiger partial charge in [-0.25, -0.2) is 22.3 Å². The summed E-state index contributed by atoms with van der Waals surface area (Å²) in [5.41, 5.74) is 1.03. The summed E-state index contributed by atoms with van der Waals surface area (Å²) in [5.74, 6) is -0.316. The fourth-order valence-electron chi connectivity index (χ4n) is 3.66. The number of fused-ring (bicyclic) bond motifs is 1. The third-order valence-electron chi connectivity index (χ3n) is 5.36. The molecular formula is C20H17FN6O4S2. The van der Waals surface area contributed by atoms with Gasteiger partial charge < -0.3 is 4.90 Å². The summed E-state index contributed by atoms with van der Waals surface area (Å²) < 4.78 is 42.1. The molecule has 5 rings (SSSR count). The van der Waals surface area contributed by atoms with E-state index in [4.69, 9.17) is 0 Å². The maximum Gasteiger partial charge on any atom is 0.289 e. The van der Waals surface area contributed by atoms with E-state index in [0.29, 0.717) is 28.9 Å². The van der Waals surface area contributed by atoms with Crippen molar-refractivity contribution >= 4 is 37.1 Å². The molecule has 0 amide bonds. The van der Waals surface area contributed by atoms with Crippen LogP contribution in [0.25, 0.3) is 16.2 Å². The summed E-state index contributed by atoms with van der Waals surface area (Å²) >= 11 is 1.37. The van der Waals surface area contributed by atoms with E-state index >= 15 is 0 Å². The SMILES string of the molecule is O=[N+]([O-])c1ccccc1S(=O)(=O)N1CCN(c2nn3cc(-c4ccc(F)cc4)nc3s2)CC1. The number of piperazine rings is 1. The lowest BCUT2D eigenvalue weighted by atomic mass is 10.2. The number of imidazole rings is 1. The van der Waals surface area contributed by atoms with Crippen molar-refractivity contribution in [1.82, 2.24) is 18.9 Å². The maximum absolute atomic E-state index is 13.1. The molecule has 0 unspecified atom stereocenters. The zero-order chi connectivity index (χ0) is 23.2. The molecule has 1 fully saturated rings. The van der Waals surface area contributed by atoms with E-state index in [2.05, 4.69) is 10.1 Å². The molecule has 13 heteroatoms. The van der Waals surface area contributed by atoms with Gasteiger partial charge in [-0.3, -0.25) is 10.1 Å². The molecule has 4 aromatic rings. The molecule has 33 heavy (non-hydrogen) atoms. The van der Waals surface area contributed by atoms with Gasteiger partial charge in [-0.1, -0.05) is 23.5 Å². The molecule has 0 saturated carbocycles. The maximum atomic E-state index is 13.1. The van der Waals surface area contributed by atoms with Gasteiger partial charge in [0.15, 0.2) is 4.90 Å². The second-order valence-electron chi connectivity index (χ2n) is 7.36. The van der Waals surface area contributed by atoms with Crippen LogP contribution in [0.15, 0.2) is 59.6 Å². The highest BCUT2D eigenvalue weighted by Gasteiger charge is 2.34. The van der Waals surface area contributed by atoms with Gasteiger partial charge in [0.25, 0.3) is 5.69 Å².